The first-order valence-electron chi connectivity index (χ1n) is 5.86. The van der Waals surface area contributed by atoms with Crippen LogP contribution in [0, 0.1) is 0 Å². The molecule has 0 bridgehead atoms. The van der Waals surface area contributed by atoms with Gasteiger partial charge in [-0.3, -0.25) is 0 Å². The summed E-state index contributed by atoms with van der Waals surface area (Å²) in [5, 5.41) is 9.44. The number of hydrogen-bond donors (Lipinski definition) is 1. The highest BCUT2D eigenvalue weighted by Gasteiger charge is 2.14. The highest BCUT2D eigenvalue weighted by Crippen LogP contribution is 2.27. The number of nitrogens with zero attached hydrogens (tertiary/aromatic N) is 3. The molecule has 0 unspecified atom stereocenters. The Hall–Kier alpha value is -1.92. The molecule has 2 heterocycles. The summed E-state index contributed by atoms with van der Waals surface area (Å²) in [5.41, 5.74) is 1.03. The van der Waals surface area contributed by atoms with Crippen molar-refractivity contribution in [3.05, 3.63) is 53.2 Å². The third kappa shape index (κ3) is 2.52. The average molecular weight is 307 g/mol. The summed E-state index contributed by atoms with van der Waals surface area (Å²) in [7, 11) is 0. The SMILES string of the molecule is Nn1c(SCc2ccccc2Cl)nnc1-c1ccco1. The Labute approximate surface area is 124 Å². The number of rotatable bonds is 4. The number of thioether (sulfide) groups is 1. The molecule has 0 spiro atoms. The zero-order valence-electron chi connectivity index (χ0n) is 10.4. The van der Waals surface area contributed by atoms with E-state index >= 15 is 0 Å². The van der Waals surface area contributed by atoms with Crippen LogP contribution in [0.3, 0.4) is 0 Å². The average Bonchev–Trinajstić information content (AvgIpc) is 3.08. The summed E-state index contributed by atoms with van der Waals surface area (Å²) in [4.78, 5) is 0. The van der Waals surface area contributed by atoms with Gasteiger partial charge < -0.3 is 10.3 Å². The van der Waals surface area contributed by atoms with Gasteiger partial charge in [0.05, 0.1) is 6.26 Å². The van der Waals surface area contributed by atoms with Crippen LogP contribution >= 0.6 is 23.4 Å². The molecule has 20 heavy (non-hydrogen) atoms. The summed E-state index contributed by atoms with van der Waals surface area (Å²) >= 11 is 7.58. The summed E-state index contributed by atoms with van der Waals surface area (Å²) < 4.78 is 6.68. The van der Waals surface area contributed by atoms with Crippen LogP contribution in [0.25, 0.3) is 11.6 Å². The molecule has 0 radical (unpaired) electrons. The zero-order valence-corrected chi connectivity index (χ0v) is 11.9. The maximum atomic E-state index is 6.11. The number of halogens is 1. The lowest BCUT2D eigenvalue weighted by Crippen LogP contribution is -2.11. The molecular weight excluding hydrogens is 296 g/mol. The van der Waals surface area contributed by atoms with Crippen LogP contribution in [0.4, 0.5) is 0 Å². The normalized spacial score (nSPS) is 10.8. The second-order valence-corrected chi connectivity index (χ2v) is 5.38. The van der Waals surface area contributed by atoms with Gasteiger partial charge in [-0.1, -0.05) is 41.6 Å². The second kappa shape index (κ2) is 5.60. The molecule has 1 aromatic carbocycles. The van der Waals surface area contributed by atoms with Crippen molar-refractivity contribution in [2.24, 2.45) is 0 Å². The number of benzene rings is 1. The highest BCUT2D eigenvalue weighted by atomic mass is 35.5. The number of nitrogens with two attached hydrogens (primary N) is 1. The molecule has 0 fully saturated rings. The molecule has 0 atom stereocenters. The van der Waals surface area contributed by atoms with E-state index in [1.807, 2.05) is 24.3 Å². The Kier molecular flexibility index (Phi) is 3.66. The predicted octanol–water partition coefficient (Wildman–Crippen LogP) is 3.20. The molecule has 0 aliphatic carbocycles. The zero-order chi connectivity index (χ0) is 13.9. The van der Waals surface area contributed by atoms with Crippen molar-refractivity contribution in [2.45, 2.75) is 10.9 Å². The van der Waals surface area contributed by atoms with E-state index < -0.39 is 0 Å². The number of aromatic nitrogens is 3. The van der Waals surface area contributed by atoms with Crippen molar-refractivity contribution >= 4 is 23.4 Å². The number of hydrogen-bond acceptors (Lipinski definition) is 5. The molecule has 5 nitrogen and oxygen atoms in total. The third-order valence-electron chi connectivity index (χ3n) is 2.72. The van der Waals surface area contributed by atoms with Gasteiger partial charge in [-0.2, -0.15) is 0 Å². The van der Waals surface area contributed by atoms with Crippen molar-refractivity contribution in [1.29, 1.82) is 0 Å². The van der Waals surface area contributed by atoms with Crippen molar-refractivity contribution in [3.63, 3.8) is 0 Å². The monoisotopic (exact) mass is 306 g/mol. The summed E-state index contributed by atoms with van der Waals surface area (Å²) in [5.74, 6) is 7.73. The fraction of sp³-hybridized carbons (Fsp3) is 0.0769. The van der Waals surface area contributed by atoms with Crippen molar-refractivity contribution in [1.82, 2.24) is 14.9 Å². The van der Waals surface area contributed by atoms with Gasteiger partial charge in [0.1, 0.15) is 0 Å². The van der Waals surface area contributed by atoms with E-state index in [1.54, 1.807) is 18.4 Å². The minimum atomic E-state index is 0.497. The first-order chi connectivity index (χ1) is 9.75. The topological polar surface area (TPSA) is 69.9 Å². The molecule has 3 rings (SSSR count). The van der Waals surface area contributed by atoms with E-state index in [-0.39, 0.29) is 0 Å². The fourth-order valence-corrected chi connectivity index (χ4v) is 2.85. The lowest BCUT2D eigenvalue weighted by atomic mass is 10.2. The Balaban J connectivity index is 1.78. The Bertz CT molecular complexity index is 711. The Morgan fingerprint density at radius 2 is 2.05 bits per heavy atom. The summed E-state index contributed by atoms with van der Waals surface area (Å²) in [6.45, 7) is 0. The van der Waals surface area contributed by atoms with Gasteiger partial charge in [-0.25, -0.2) is 4.68 Å². The van der Waals surface area contributed by atoms with Gasteiger partial charge in [0.15, 0.2) is 5.76 Å². The molecule has 2 aromatic heterocycles. The van der Waals surface area contributed by atoms with Crippen LogP contribution in [-0.2, 0) is 5.75 Å². The molecule has 0 saturated carbocycles. The van der Waals surface area contributed by atoms with Crippen LogP contribution < -0.4 is 5.84 Å². The third-order valence-corrected chi connectivity index (χ3v) is 4.08. The number of furan rings is 1. The van der Waals surface area contributed by atoms with Gasteiger partial charge >= 0.3 is 0 Å². The van der Waals surface area contributed by atoms with Gasteiger partial charge in [-0.05, 0) is 23.8 Å². The van der Waals surface area contributed by atoms with E-state index in [0.29, 0.717) is 22.5 Å². The van der Waals surface area contributed by atoms with Crippen LogP contribution in [0.2, 0.25) is 5.02 Å². The Morgan fingerprint density at radius 1 is 1.20 bits per heavy atom. The first-order valence-corrected chi connectivity index (χ1v) is 7.22. The van der Waals surface area contributed by atoms with E-state index in [4.69, 9.17) is 21.9 Å². The standard InChI is InChI=1S/C13H11ClN4OS/c14-10-5-2-1-4-9(10)8-20-13-17-16-12(18(13)15)11-6-3-7-19-11/h1-7H,8,15H2. The number of nitrogen functional groups attached to an aromatic ring is 1. The lowest BCUT2D eigenvalue weighted by Gasteiger charge is -2.04. The molecule has 7 heteroatoms. The quantitative estimate of drug-likeness (QED) is 0.592. The van der Waals surface area contributed by atoms with Gasteiger partial charge in [0.25, 0.3) is 0 Å². The van der Waals surface area contributed by atoms with E-state index in [9.17, 15) is 0 Å². The molecule has 0 amide bonds. The van der Waals surface area contributed by atoms with Crippen molar-refractivity contribution in [3.8, 4) is 11.6 Å². The summed E-state index contributed by atoms with van der Waals surface area (Å²) in [6, 6.07) is 11.2. The van der Waals surface area contributed by atoms with Gasteiger partial charge in [0.2, 0.25) is 11.0 Å². The van der Waals surface area contributed by atoms with Crippen molar-refractivity contribution < 1.29 is 4.42 Å². The molecule has 2 N–H and O–H groups in total. The fourth-order valence-electron chi connectivity index (χ4n) is 1.71. The van der Waals surface area contributed by atoms with Crippen LogP contribution in [0.1, 0.15) is 5.56 Å². The largest absolute Gasteiger partial charge is 0.461 e. The van der Waals surface area contributed by atoms with Gasteiger partial charge in [-0.15, -0.1) is 10.2 Å². The van der Waals surface area contributed by atoms with Crippen molar-refractivity contribution in [2.75, 3.05) is 5.84 Å². The Morgan fingerprint density at radius 3 is 2.80 bits per heavy atom. The van der Waals surface area contributed by atoms with Crippen LogP contribution in [0.15, 0.2) is 52.2 Å². The first kappa shape index (κ1) is 13.1. The molecule has 0 aliphatic heterocycles. The predicted molar refractivity (Wildman–Crippen MR) is 78.9 cm³/mol. The van der Waals surface area contributed by atoms with Crippen LogP contribution in [0.5, 0.6) is 0 Å². The lowest BCUT2D eigenvalue weighted by molar-refractivity contribution is 0.574. The molecule has 102 valence electrons. The molecule has 0 saturated heterocycles. The molecular formula is C13H11ClN4OS. The summed E-state index contributed by atoms with van der Waals surface area (Å²) in [6.07, 6.45) is 1.57. The second-order valence-electron chi connectivity index (χ2n) is 4.03. The van der Waals surface area contributed by atoms with Gasteiger partial charge in [0, 0.05) is 10.8 Å². The van der Waals surface area contributed by atoms with E-state index in [0.717, 1.165) is 10.6 Å². The highest BCUT2D eigenvalue weighted by molar-refractivity contribution is 7.98. The minimum absolute atomic E-state index is 0.497. The molecule has 0 aliphatic rings. The maximum Gasteiger partial charge on any atom is 0.218 e. The van der Waals surface area contributed by atoms with Crippen LogP contribution in [-0.4, -0.2) is 14.9 Å². The van der Waals surface area contributed by atoms with E-state index in [1.165, 1.54) is 16.4 Å². The van der Waals surface area contributed by atoms with E-state index in [2.05, 4.69) is 10.2 Å². The minimum Gasteiger partial charge on any atom is -0.461 e. The molecule has 3 aromatic rings. The smallest absolute Gasteiger partial charge is 0.218 e. The maximum absolute atomic E-state index is 6.11.